The molecule has 0 saturated heterocycles. The quantitative estimate of drug-likeness (QED) is 0.196. The molecule has 2 aromatic heterocycles. The standard InChI is InChI=1S/C28H22Cl2N4O8/c1-5-39-17-9-15-19(7-13(17)27(29)37)41-25-22(32-12(4)36)24-26(21(23(25)33-15)31-11(3)35)42-20-8-14(28(30)38)18(40-6-2)10-16(20)34-24/h7-10,33-34H,5-6H2,1-4H3. The number of aromatic amines is 2. The van der Waals surface area contributed by atoms with Gasteiger partial charge in [-0.1, -0.05) is 0 Å². The second-order valence-corrected chi connectivity index (χ2v) is 9.61. The number of hydrogen-bond acceptors (Lipinski definition) is 8. The van der Waals surface area contributed by atoms with Gasteiger partial charge in [-0.05, 0) is 49.2 Å². The maximum absolute atomic E-state index is 12.3. The van der Waals surface area contributed by atoms with Crippen molar-refractivity contribution < 1.29 is 37.5 Å². The zero-order valence-electron chi connectivity index (χ0n) is 22.6. The van der Waals surface area contributed by atoms with Crippen molar-refractivity contribution in [1.82, 2.24) is 9.97 Å². The zero-order valence-corrected chi connectivity index (χ0v) is 24.2. The molecule has 0 fully saturated rings. The van der Waals surface area contributed by atoms with Crippen LogP contribution >= 0.6 is 23.2 Å². The lowest BCUT2D eigenvalue weighted by molar-refractivity contribution is -0.116. The highest BCUT2D eigenvalue weighted by Gasteiger charge is 2.21. The summed E-state index contributed by atoms with van der Waals surface area (Å²) in [6, 6.07) is 5.81. The average Bonchev–Trinajstić information content (AvgIpc) is 2.92. The summed E-state index contributed by atoms with van der Waals surface area (Å²) in [5.74, 6) is -0.747. The third-order valence-electron chi connectivity index (χ3n) is 6.03. The molecule has 0 aliphatic carbocycles. The number of carbonyl (C=O) groups excluding carboxylic acids is 4. The molecule has 42 heavy (non-hydrogen) atoms. The summed E-state index contributed by atoms with van der Waals surface area (Å²) in [4.78, 5) is 63.5. The summed E-state index contributed by atoms with van der Waals surface area (Å²) >= 11 is 11.6. The zero-order chi connectivity index (χ0) is 30.3. The van der Waals surface area contributed by atoms with E-state index in [9.17, 15) is 19.2 Å². The molecule has 2 N–H and O–H groups in total. The van der Waals surface area contributed by atoms with Gasteiger partial charge in [-0.3, -0.25) is 19.2 Å². The van der Waals surface area contributed by atoms with Gasteiger partial charge in [0.1, 0.15) is 33.2 Å². The molecular weight excluding hydrogens is 591 g/mol. The van der Waals surface area contributed by atoms with Crippen molar-refractivity contribution in [2.24, 2.45) is 9.98 Å². The lowest BCUT2D eigenvalue weighted by Gasteiger charge is -2.12. The van der Waals surface area contributed by atoms with Crippen LogP contribution in [0.25, 0.3) is 44.4 Å². The van der Waals surface area contributed by atoms with Crippen LogP contribution in [-0.2, 0) is 9.59 Å². The first kappa shape index (κ1) is 28.8. The molecule has 0 atom stereocenters. The molecule has 216 valence electrons. The van der Waals surface area contributed by atoms with E-state index in [4.69, 9.17) is 41.5 Å². The Hall–Kier alpha value is -4.68. The van der Waals surface area contributed by atoms with Crippen LogP contribution in [0, 0.1) is 0 Å². The fourth-order valence-electron chi connectivity index (χ4n) is 4.47. The fraction of sp³-hybridized carbons (Fsp3) is 0.214. The normalized spacial score (nSPS) is 12.4. The number of carbonyl (C=O) groups is 4. The Labute approximate surface area is 245 Å². The van der Waals surface area contributed by atoms with E-state index in [1.54, 1.807) is 13.8 Å². The van der Waals surface area contributed by atoms with Crippen LogP contribution in [0.15, 0.2) is 43.1 Å². The van der Waals surface area contributed by atoms with E-state index >= 15 is 0 Å². The van der Waals surface area contributed by atoms with Crippen molar-refractivity contribution in [3.63, 3.8) is 0 Å². The Morgan fingerprint density at radius 2 is 1.10 bits per heavy atom. The van der Waals surface area contributed by atoms with Gasteiger partial charge < -0.3 is 28.3 Å². The summed E-state index contributed by atoms with van der Waals surface area (Å²) in [6.45, 7) is 6.50. The largest absolute Gasteiger partial charge is 0.493 e. The van der Waals surface area contributed by atoms with Crippen molar-refractivity contribution >= 4 is 89.9 Å². The number of ether oxygens (including phenoxy) is 2. The average molecular weight is 613 g/mol. The maximum Gasteiger partial charge on any atom is 0.256 e. The smallest absolute Gasteiger partial charge is 0.256 e. The van der Waals surface area contributed by atoms with Gasteiger partial charge in [0.25, 0.3) is 10.5 Å². The molecule has 14 heteroatoms. The van der Waals surface area contributed by atoms with Gasteiger partial charge in [0, 0.05) is 26.0 Å². The summed E-state index contributed by atoms with van der Waals surface area (Å²) in [6.07, 6.45) is 0. The van der Waals surface area contributed by atoms with E-state index in [-0.39, 0.29) is 79.9 Å². The second kappa shape index (κ2) is 11.3. The van der Waals surface area contributed by atoms with Crippen LogP contribution in [0.5, 0.6) is 11.5 Å². The van der Waals surface area contributed by atoms with Crippen LogP contribution in [0.3, 0.4) is 0 Å². The summed E-state index contributed by atoms with van der Waals surface area (Å²) in [7, 11) is 0. The maximum atomic E-state index is 12.3. The number of rotatable bonds is 6. The molecule has 5 rings (SSSR count). The number of benzene rings is 3. The van der Waals surface area contributed by atoms with Gasteiger partial charge >= 0.3 is 0 Å². The Bertz CT molecular complexity index is 2000. The lowest BCUT2D eigenvalue weighted by Crippen LogP contribution is -2.20. The highest BCUT2D eigenvalue weighted by molar-refractivity contribution is 6.68. The molecule has 0 saturated carbocycles. The van der Waals surface area contributed by atoms with Crippen molar-refractivity contribution in [3.8, 4) is 11.5 Å². The van der Waals surface area contributed by atoms with Crippen LogP contribution in [0.1, 0.15) is 48.4 Å². The Balaban J connectivity index is 2.05. The topological polar surface area (TPSA) is 169 Å². The number of nitrogens with zero attached hydrogens (tertiary/aromatic N) is 2. The predicted molar refractivity (Wildman–Crippen MR) is 154 cm³/mol. The number of fused-ring (bicyclic) bond motifs is 4. The van der Waals surface area contributed by atoms with E-state index < -0.39 is 22.3 Å². The number of aromatic nitrogens is 2. The van der Waals surface area contributed by atoms with Gasteiger partial charge in [-0.2, -0.15) is 0 Å². The molecular formula is C28H22Cl2N4O8. The van der Waals surface area contributed by atoms with Crippen LogP contribution in [-0.4, -0.2) is 45.5 Å². The Kier molecular flexibility index (Phi) is 7.76. The van der Waals surface area contributed by atoms with Gasteiger partial charge in [-0.25, -0.2) is 9.98 Å². The van der Waals surface area contributed by atoms with Gasteiger partial charge in [-0.15, -0.1) is 0 Å². The molecule has 0 radical (unpaired) electrons. The molecule has 0 unspecified atom stereocenters. The molecule has 3 aromatic carbocycles. The Morgan fingerprint density at radius 1 is 0.714 bits per heavy atom. The molecule has 2 heterocycles. The van der Waals surface area contributed by atoms with Gasteiger partial charge in [0.2, 0.25) is 11.8 Å². The molecule has 0 spiro atoms. The highest BCUT2D eigenvalue weighted by Crippen LogP contribution is 2.30. The van der Waals surface area contributed by atoms with Crippen LogP contribution in [0.4, 0.5) is 0 Å². The Morgan fingerprint density at radius 3 is 1.40 bits per heavy atom. The monoisotopic (exact) mass is 612 g/mol. The van der Waals surface area contributed by atoms with Crippen molar-refractivity contribution in [1.29, 1.82) is 0 Å². The minimum absolute atomic E-state index is 0.0156. The van der Waals surface area contributed by atoms with E-state index in [2.05, 4.69) is 20.0 Å². The summed E-state index contributed by atoms with van der Waals surface area (Å²) < 4.78 is 23.6. The second-order valence-electron chi connectivity index (χ2n) is 8.92. The first-order chi connectivity index (χ1) is 20.0. The third kappa shape index (κ3) is 5.21. The molecule has 0 bridgehead atoms. The first-order valence-corrected chi connectivity index (χ1v) is 13.4. The van der Waals surface area contributed by atoms with Crippen molar-refractivity contribution in [2.45, 2.75) is 27.7 Å². The molecule has 0 aliphatic rings. The highest BCUT2D eigenvalue weighted by atomic mass is 35.5. The van der Waals surface area contributed by atoms with Crippen LogP contribution < -0.4 is 20.2 Å². The SMILES string of the molecule is CCOc1cc2[nH]c3c(=NC(C)=O)c4oc5cc(C(=O)Cl)c(OCC)cc5[nH]c4c(=NC(C)=O)c3oc2cc1C(=O)Cl. The van der Waals surface area contributed by atoms with Crippen LogP contribution in [0.2, 0.25) is 0 Å². The first-order valence-electron chi connectivity index (χ1n) is 12.6. The van der Waals surface area contributed by atoms with Gasteiger partial charge in [0.15, 0.2) is 22.3 Å². The molecule has 5 aromatic rings. The number of nitrogens with one attached hydrogen (secondary N) is 2. The number of hydrogen-bond donors (Lipinski definition) is 2. The van der Waals surface area contributed by atoms with E-state index in [0.29, 0.717) is 11.0 Å². The number of H-pyrrole nitrogens is 2. The molecule has 0 aliphatic heterocycles. The molecule has 2 amide bonds. The van der Waals surface area contributed by atoms with E-state index in [0.717, 1.165) is 0 Å². The lowest BCUT2D eigenvalue weighted by atomic mass is 10.1. The molecule has 12 nitrogen and oxygen atoms in total. The van der Waals surface area contributed by atoms with E-state index in [1.165, 1.54) is 38.1 Å². The fourth-order valence-corrected chi connectivity index (χ4v) is 4.76. The van der Waals surface area contributed by atoms with Gasteiger partial charge in [0.05, 0.1) is 35.4 Å². The van der Waals surface area contributed by atoms with E-state index in [1.807, 2.05) is 0 Å². The number of amides is 2. The van der Waals surface area contributed by atoms with Crippen molar-refractivity contribution in [3.05, 3.63) is 46.1 Å². The summed E-state index contributed by atoms with van der Waals surface area (Å²) in [5, 5.41) is -1.51. The third-order valence-corrected chi connectivity index (χ3v) is 6.43. The minimum atomic E-state index is -0.770. The summed E-state index contributed by atoms with van der Waals surface area (Å²) in [5.41, 5.74) is 1.49. The predicted octanol–water partition coefficient (Wildman–Crippen LogP) is 5.15. The number of halogens is 2. The minimum Gasteiger partial charge on any atom is -0.493 e. The van der Waals surface area contributed by atoms with Crippen molar-refractivity contribution in [2.75, 3.05) is 13.2 Å².